The summed E-state index contributed by atoms with van der Waals surface area (Å²) < 4.78 is 0. The number of piperidine rings is 1. The summed E-state index contributed by atoms with van der Waals surface area (Å²) in [5, 5.41) is 9.16. The molecular weight excluding hydrogens is 236 g/mol. The summed E-state index contributed by atoms with van der Waals surface area (Å²) in [6, 6.07) is 6.29. The highest BCUT2D eigenvalue weighted by Crippen LogP contribution is 2.27. The zero-order valence-electron chi connectivity index (χ0n) is 12.4. The van der Waals surface area contributed by atoms with Gasteiger partial charge in [-0.15, -0.1) is 0 Å². The molecule has 0 saturated carbocycles. The van der Waals surface area contributed by atoms with E-state index in [1.54, 1.807) is 0 Å². The van der Waals surface area contributed by atoms with Crippen LogP contribution in [-0.4, -0.2) is 43.7 Å². The Labute approximate surface area is 116 Å². The van der Waals surface area contributed by atoms with Crippen molar-refractivity contribution in [2.75, 3.05) is 38.6 Å². The van der Waals surface area contributed by atoms with Crippen LogP contribution in [0.25, 0.3) is 0 Å². The van der Waals surface area contributed by atoms with Gasteiger partial charge in [0.1, 0.15) is 0 Å². The second-order valence-electron chi connectivity index (χ2n) is 5.97. The van der Waals surface area contributed by atoms with Crippen LogP contribution in [0, 0.1) is 12.8 Å². The molecule has 1 heterocycles. The number of aliphatic hydroxyl groups excluding tert-OH is 1. The predicted molar refractivity (Wildman–Crippen MR) is 80.6 cm³/mol. The van der Waals surface area contributed by atoms with E-state index in [2.05, 4.69) is 43.0 Å². The van der Waals surface area contributed by atoms with Crippen LogP contribution in [0.3, 0.4) is 0 Å². The second kappa shape index (κ2) is 6.40. The first-order chi connectivity index (χ1) is 9.10. The minimum Gasteiger partial charge on any atom is -0.392 e. The van der Waals surface area contributed by atoms with Crippen molar-refractivity contribution in [3.8, 4) is 0 Å². The fourth-order valence-electron chi connectivity index (χ4n) is 3.04. The largest absolute Gasteiger partial charge is 0.392 e. The fraction of sp³-hybridized carbons (Fsp3) is 0.625. The van der Waals surface area contributed by atoms with Gasteiger partial charge in [-0.3, -0.25) is 0 Å². The van der Waals surface area contributed by atoms with Crippen LogP contribution < -0.4 is 4.90 Å². The molecular formula is C16H26N2O. The molecule has 0 spiro atoms. The van der Waals surface area contributed by atoms with E-state index in [0.29, 0.717) is 0 Å². The average molecular weight is 262 g/mol. The van der Waals surface area contributed by atoms with Crippen LogP contribution in [0.15, 0.2) is 18.2 Å². The molecule has 2 rings (SSSR count). The summed E-state index contributed by atoms with van der Waals surface area (Å²) in [5.74, 6) is 0.836. The molecule has 0 amide bonds. The van der Waals surface area contributed by atoms with Crippen LogP contribution in [0.4, 0.5) is 5.69 Å². The molecule has 1 fully saturated rings. The SMILES string of the molecule is Cc1cc(CO)ccc1N1CCC(CN(C)C)CC1. The number of anilines is 1. The standard InChI is InChI=1S/C16H26N2O/c1-13-10-15(12-19)4-5-16(13)18-8-6-14(7-9-18)11-17(2)3/h4-5,10,14,19H,6-9,11-12H2,1-3H3. The van der Waals surface area contributed by atoms with E-state index in [-0.39, 0.29) is 6.61 Å². The van der Waals surface area contributed by atoms with E-state index in [1.165, 1.54) is 30.6 Å². The van der Waals surface area contributed by atoms with Crippen LogP contribution in [-0.2, 0) is 6.61 Å². The highest BCUT2D eigenvalue weighted by molar-refractivity contribution is 5.54. The Morgan fingerprint density at radius 3 is 2.47 bits per heavy atom. The maximum absolute atomic E-state index is 9.16. The third-order valence-electron chi connectivity index (χ3n) is 4.02. The van der Waals surface area contributed by atoms with E-state index < -0.39 is 0 Å². The molecule has 19 heavy (non-hydrogen) atoms. The molecule has 0 atom stereocenters. The first-order valence-electron chi connectivity index (χ1n) is 7.20. The zero-order valence-corrected chi connectivity index (χ0v) is 12.4. The molecule has 1 aromatic carbocycles. The molecule has 3 nitrogen and oxygen atoms in total. The van der Waals surface area contributed by atoms with Gasteiger partial charge in [0, 0.05) is 25.3 Å². The van der Waals surface area contributed by atoms with Gasteiger partial charge >= 0.3 is 0 Å². The summed E-state index contributed by atoms with van der Waals surface area (Å²) >= 11 is 0. The van der Waals surface area contributed by atoms with Gasteiger partial charge in [0.25, 0.3) is 0 Å². The van der Waals surface area contributed by atoms with Crippen molar-refractivity contribution in [1.82, 2.24) is 4.90 Å². The number of rotatable bonds is 4. The molecule has 106 valence electrons. The van der Waals surface area contributed by atoms with Crippen molar-refractivity contribution in [2.45, 2.75) is 26.4 Å². The van der Waals surface area contributed by atoms with E-state index >= 15 is 0 Å². The Morgan fingerprint density at radius 1 is 1.26 bits per heavy atom. The monoisotopic (exact) mass is 262 g/mol. The summed E-state index contributed by atoms with van der Waals surface area (Å²) in [6.45, 7) is 5.78. The summed E-state index contributed by atoms with van der Waals surface area (Å²) in [4.78, 5) is 4.78. The molecule has 0 bridgehead atoms. The molecule has 1 aliphatic heterocycles. The van der Waals surface area contributed by atoms with Gasteiger partial charge < -0.3 is 14.9 Å². The van der Waals surface area contributed by atoms with Crippen molar-refractivity contribution in [3.05, 3.63) is 29.3 Å². The van der Waals surface area contributed by atoms with Gasteiger partial charge in [0.2, 0.25) is 0 Å². The first kappa shape index (κ1) is 14.4. The van der Waals surface area contributed by atoms with Crippen molar-refractivity contribution >= 4 is 5.69 Å². The van der Waals surface area contributed by atoms with Crippen LogP contribution in [0.2, 0.25) is 0 Å². The third-order valence-corrected chi connectivity index (χ3v) is 4.02. The van der Waals surface area contributed by atoms with E-state index in [0.717, 1.165) is 24.6 Å². The maximum Gasteiger partial charge on any atom is 0.0681 e. The minimum atomic E-state index is 0.131. The molecule has 1 saturated heterocycles. The van der Waals surface area contributed by atoms with Crippen molar-refractivity contribution in [1.29, 1.82) is 0 Å². The lowest BCUT2D eigenvalue weighted by molar-refractivity contribution is 0.281. The number of nitrogens with zero attached hydrogens (tertiary/aromatic N) is 2. The Kier molecular flexibility index (Phi) is 4.83. The Hall–Kier alpha value is -1.06. The second-order valence-corrected chi connectivity index (χ2v) is 5.97. The van der Waals surface area contributed by atoms with Crippen molar-refractivity contribution in [2.24, 2.45) is 5.92 Å². The highest BCUT2D eigenvalue weighted by Gasteiger charge is 2.20. The lowest BCUT2D eigenvalue weighted by Gasteiger charge is -2.35. The minimum absolute atomic E-state index is 0.131. The number of hydrogen-bond acceptors (Lipinski definition) is 3. The number of benzene rings is 1. The van der Waals surface area contributed by atoms with Crippen LogP contribution in [0.1, 0.15) is 24.0 Å². The topological polar surface area (TPSA) is 26.7 Å². The van der Waals surface area contributed by atoms with Crippen molar-refractivity contribution < 1.29 is 5.11 Å². The zero-order chi connectivity index (χ0) is 13.8. The smallest absolute Gasteiger partial charge is 0.0681 e. The Bertz CT molecular complexity index is 409. The maximum atomic E-state index is 9.16. The fourth-order valence-corrected chi connectivity index (χ4v) is 3.04. The predicted octanol–water partition coefficient (Wildman–Crippen LogP) is 2.27. The summed E-state index contributed by atoms with van der Waals surface area (Å²) in [6.07, 6.45) is 2.55. The van der Waals surface area contributed by atoms with E-state index in [1.807, 2.05) is 6.07 Å². The van der Waals surface area contributed by atoms with E-state index in [9.17, 15) is 0 Å². The first-order valence-corrected chi connectivity index (χ1v) is 7.20. The molecule has 0 aliphatic carbocycles. The molecule has 3 heteroatoms. The van der Waals surface area contributed by atoms with Gasteiger partial charge in [-0.2, -0.15) is 0 Å². The summed E-state index contributed by atoms with van der Waals surface area (Å²) in [7, 11) is 4.31. The Morgan fingerprint density at radius 2 is 1.95 bits per heavy atom. The average Bonchev–Trinajstić information content (AvgIpc) is 2.39. The van der Waals surface area contributed by atoms with Gasteiger partial charge in [-0.1, -0.05) is 12.1 Å². The third kappa shape index (κ3) is 3.71. The molecule has 1 aliphatic rings. The quantitative estimate of drug-likeness (QED) is 0.901. The molecule has 0 aromatic heterocycles. The summed E-state index contributed by atoms with van der Waals surface area (Å²) in [5.41, 5.74) is 3.61. The highest BCUT2D eigenvalue weighted by atomic mass is 16.3. The van der Waals surface area contributed by atoms with Crippen LogP contribution >= 0.6 is 0 Å². The molecule has 0 radical (unpaired) electrons. The van der Waals surface area contributed by atoms with Gasteiger partial charge in [-0.25, -0.2) is 0 Å². The number of aryl methyl sites for hydroxylation is 1. The normalized spacial score (nSPS) is 17.2. The van der Waals surface area contributed by atoms with Crippen molar-refractivity contribution in [3.63, 3.8) is 0 Å². The number of aliphatic hydroxyl groups is 1. The van der Waals surface area contributed by atoms with Gasteiger partial charge in [0.15, 0.2) is 0 Å². The lowest BCUT2D eigenvalue weighted by atomic mass is 9.95. The number of hydrogen-bond donors (Lipinski definition) is 1. The molecule has 0 unspecified atom stereocenters. The van der Waals surface area contributed by atoms with E-state index in [4.69, 9.17) is 5.11 Å². The lowest BCUT2D eigenvalue weighted by Crippen LogP contribution is -2.37. The molecule has 1 aromatic rings. The van der Waals surface area contributed by atoms with Gasteiger partial charge in [0.05, 0.1) is 6.61 Å². The Balaban J connectivity index is 1.97. The van der Waals surface area contributed by atoms with Gasteiger partial charge in [-0.05, 0) is 57.0 Å². The van der Waals surface area contributed by atoms with Crippen LogP contribution in [0.5, 0.6) is 0 Å². The molecule has 1 N–H and O–H groups in total.